The molecule has 1 amide bonds. The van der Waals surface area contributed by atoms with Gasteiger partial charge >= 0.3 is 5.97 Å². The number of carboxylic acid groups (broad SMARTS) is 1. The van der Waals surface area contributed by atoms with Gasteiger partial charge in [0.2, 0.25) is 0 Å². The zero-order valence-corrected chi connectivity index (χ0v) is 11.3. The molecule has 2 N–H and O–H groups in total. The van der Waals surface area contributed by atoms with Gasteiger partial charge < -0.3 is 10.4 Å². The van der Waals surface area contributed by atoms with Crippen LogP contribution in [0.5, 0.6) is 0 Å². The van der Waals surface area contributed by atoms with Crippen LogP contribution in [0.3, 0.4) is 0 Å². The fourth-order valence-corrected chi connectivity index (χ4v) is 1.90. The summed E-state index contributed by atoms with van der Waals surface area (Å²) in [5.74, 6) is -1.36. The first-order chi connectivity index (χ1) is 9.47. The van der Waals surface area contributed by atoms with Crippen molar-refractivity contribution in [2.75, 3.05) is 5.32 Å². The number of nitrogens with zero attached hydrogens (tertiary/aromatic N) is 2. The van der Waals surface area contributed by atoms with E-state index in [4.69, 9.17) is 5.11 Å². The number of para-hydroxylation sites is 1. The third-order valence-electron chi connectivity index (χ3n) is 2.89. The van der Waals surface area contributed by atoms with Crippen LogP contribution in [0.1, 0.15) is 21.6 Å². The Bertz CT molecular complexity index is 641. The van der Waals surface area contributed by atoms with Crippen LogP contribution in [0.4, 0.5) is 5.69 Å². The quantitative estimate of drug-likeness (QED) is 0.890. The second-order valence-electron chi connectivity index (χ2n) is 4.51. The number of nitrogens with one attached hydrogen (secondary N) is 1. The maximum absolute atomic E-state index is 12.1. The van der Waals surface area contributed by atoms with Crippen LogP contribution in [0, 0.1) is 13.8 Å². The van der Waals surface area contributed by atoms with Gasteiger partial charge in [0.15, 0.2) is 5.69 Å². The van der Waals surface area contributed by atoms with Crippen LogP contribution < -0.4 is 5.32 Å². The number of hydrogen-bond acceptors (Lipinski definition) is 3. The summed E-state index contributed by atoms with van der Waals surface area (Å²) in [4.78, 5) is 22.7. The minimum Gasteiger partial charge on any atom is -0.480 e. The lowest BCUT2D eigenvalue weighted by molar-refractivity contribution is -0.137. The number of aromatic nitrogens is 2. The molecule has 2 rings (SSSR count). The van der Waals surface area contributed by atoms with Gasteiger partial charge in [-0.05, 0) is 31.0 Å². The number of aliphatic carboxylic acids is 1. The first-order valence-electron chi connectivity index (χ1n) is 6.10. The van der Waals surface area contributed by atoms with Crippen LogP contribution in [0.2, 0.25) is 0 Å². The molecule has 0 aliphatic carbocycles. The molecule has 0 radical (unpaired) electrons. The summed E-state index contributed by atoms with van der Waals surface area (Å²) in [7, 11) is 0. The predicted molar refractivity (Wildman–Crippen MR) is 73.7 cm³/mol. The van der Waals surface area contributed by atoms with Gasteiger partial charge in [0.25, 0.3) is 5.91 Å². The van der Waals surface area contributed by atoms with E-state index in [0.29, 0.717) is 0 Å². The lowest BCUT2D eigenvalue weighted by Gasteiger charge is -2.10. The molecule has 1 aromatic carbocycles. The normalized spacial score (nSPS) is 10.3. The summed E-state index contributed by atoms with van der Waals surface area (Å²) in [6, 6.07) is 7.23. The monoisotopic (exact) mass is 273 g/mol. The lowest BCUT2D eigenvalue weighted by Crippen LogP contribution is -2.16. The number of benzene rings is 1. The van der Waals surface area contributed by atoms with Gasteiger partial charge in [0.1, 0.15) is 6.54 Å². The van der Waals surface area contributed by atoms with Crippen molar-refractivity contribution in [1.29, 1.82) is 0 Å². The number of rotatable bonds is 4. The summed E-state index contributed by atoms with van der Waals surface area (Å²) < 4.78 is 1.21. The maximum Gasteiger partial charge on any atom is 0.325 e. The number of amides is 1. The Balaban J connectivity index is 2.16. The Kier molecular flexibility index (Phi) is 3.84. The summed E-state index contributed by atoms with van der Waals surface area (Å²) in [6.45, 7) is 3.55. The molecule has 0 unspecified atom stereocenters. The summed E-state index contributed by atoms with van der Waals surface area (Å²) in [5.41, 5.74) is 2.87. The highest BCUT2D eigenvalue weighted by molar-refractivity contribution is 6.03. The third kappa shape index (κ3) is 3.03. The van der Waals surface area contributed by atoms with Crippen molar-refractivity contribution in [1.82, 2.24) is 9.78 Å². The summed E-state index contributed by atoms with van der Waals surface area (Å²) in [5, 5.41) is 15.4. The minimum absolute atomic E-state index is 0.189. The number of carboxylic acids is 1. The first-order valence-corrected chi connectivity index (χ1v) is 6.10. The van der Waals surface area contributed by atoms with E-state index in [1.165, 1.54) is 16.9 Å². The van der Waals surface area contributed by atoms with E-state index >= 15 is 0 Å². The Morgan fingerprint density at radius 3 is 2.50 bits per heavy atom. The van der Waals surface area contributed by atoms with E-state index < -0.39 is 5.97 Å². The lowest BCUT2D eigenvalue weighted by atomic mass is 10.1. The van der Waals surface area contributed by atoms with E-state index in [0.717, 1.165) is 16.8 Å². The Hall–Kier alpha value is -2.63. The van der Waals surface area contributed by atoms with Crippen LogP contribution in [-0.4, -0.2) is 26.8 Å². The molecule has 0 fully saturated rings. The zero-order valence-electron chi connectivity index (χ0n) is 11.3. The van der Waals surface area contributed by atoms with Crippen molar-refractivity contribution in [2.45, 2.75) is 20.4 Å². The molecule has 0 saturated carbocycles. The zero-order chi connectivity index (χ0) is 14.7. The fourth-order valence-electron chi connectivity index (χ4n) is 1.90. The smallest absolute Gasteiger partial charge is 0.325 e. The second-order valence-corrected chi connectivity index (χ2v) is 4.51. The third-order valence-corrected chi connectivity index (χ3v) is 2.89. The number of anilines is 1. The molecule has 2 aromatic rings. The van der Waals surface area contributed by atoms with Gasteiger partial charge in [0.05, 0.1) is 0 Å². The van der Waals surface area contributed by atoms with Gasteiger partial charge in [-0.3, -0.25) is 14.3 Å². The number of carbonyl (C=O) groups excluding carboxylic acids is 1. The van der Waals surface area contributed by atoms with Crippen molar-refractivity contribution in [2.24, 2.45) is 0 Å². The topological polar surface area (TPSA) is 84.2 Å². The molecule has 0 saturated heterocycles. The van der Waals surface area contributed by atoms with Gasteiger partial charge in [-0.25, -0.2) is 0 Å². The SMILES string of the molecule is Cc1cccc(C)c1NC(=O)c1ccn(CC(=O)O)n1. The fraction of sp³-hybridized carbons (Fsp3) is 0.214. The molecule has 104 valence electrons. The molecule has 1 heterocycles. The van der Waals surface area contributed by atoms with Crippen LogP contribution >= 0.6 is 0 Å². The Morgan fingerprint density at radius 2 is 1.90 bits per heavy atom. The summed E-state index contributed by atoms with van der Waals surface area (Å²) in [6.07, 6.45) is 1.47. The van der Waals surface area contributed by atoms with Gasteiger partial charge in [0, 0.05) is 11.9 Å². The van der Waals surface area contributed by atoms with Gasteiger partial charge in [-0.1, -0.05) is 18.2 Å². The molecule has 20 heavy (non-hydrogen) atoms. The molecule has 6 nitrogen and oxygen atoms in total. The predicted octanol–water partition coefficient (Wildman–Crippen LogP) is 1.84. The molecule has 0 atom stereocenters. The standard InChI is InChI=1S/C14H15N3O3/c1-9-4-3-5-10(2)13(9)15-14(20)11-6-7-17(16-11)8-12(18)19/h3-7H,8H2,1-2H3,(H,15,20)(H,18,19). The van der Waals surface area contributed by atoms with Crippen molar-refractivity contribution in [3.8, 4) is 0 Å². The highest BCUT2D eigenvalue weighted by Gasteiger charge is 2.13. The van der Waals surface area contributed by atoms with Gasteiger partial charge in [-0.15, -0.1) is 0 Å². The average molecular weight is 273 g/mol. The van der Waals surface area contributed by atoms with Gasteiger partial charge in [-0.2, -0.15) is 5.10 Å². The summed E-state index contributed by atoms with van der Waals surface area (Å²) >= 11 is 0. The average Bonchev–Trinajstić information content (AvgIpc) is 2.81. The van der Waals surface area contributed by atoms with E-state index in [-0.39, 0.29) is 18.1 Å². The van der Waals surface area contributed by atoms with Crippen LogP contribution in [0.15, 0.2) is 30.5 Å². The van der Waals surface area contributed by atoms with E-state index in [1.807, 2.05) is 32.0 Å². The highest BCUT2D eigenvalue weighted by atomic mass is 16.4. The molecule has 0 aliphatic heterocycles. The van der Waals surface area contributed by atoms with Crippen molar-refractivity contribution in [3.63, 3.8) is 0 Å². The first kappa shape index (κ1) is 13.8. The van der Waals surface area contributed by atoms with Crippen LogP contribution in [0.25, 0.3) is 0 Å². The van der Waals surface area contributed by atoms with E-state index in [1.54, 1.807) is 0 Å². The number of carbonyl (C=O) groups is 2. The molecule has 0 bridgehead atoms. The van der Waals surface area contributed by atoms with E-state index in [2.05, 4.69) is 10.4 Å². The Morgan fingerprint density at radius 1 is 1.25 bits per heavy atom. The highest BCUT2D eigenvalue weighted by Crippen LogP contribution is 2.19. The molecular weight excluding hydrogens is 258 g/mol. The van der Waals surface area contributed by atoms with Crippen molar-refractivity contribution >= 4 is 17.6 Å². The minimum atomic E-state index is -1.00. The van der Waals surface area contributed by atoms with E-state index in [9.17, 15) is 9.59 Å². The molecule has 0 aliphatic rings. The van der Waals surface area contributed by atoms with Crippen molar-refractivity contribution in [3.05, 3.63) is 47.3 Å². The van der Waals surface area contributed by atoms with Crippen molar-refractivity contribution < 1.29 is 14.7 Å². The number of aryl methyl sites for hydroxylation is 2. The Labute approximate surface area is 116 Å². The molecule has 0 spiro atoms. The maximum atomic E-state index is 12.1. The molecule has 6 heteroatoms. The second kappa shape index (κ2) is 5.56. The molecular formula is C14H15N3O3. The van der Waals surface area contributed by atoms with Crippen LogP contribution in [-0.2, 0) is 11.3 Å². The molecule has 1 aromatic heterocycles. The number of hydrogen-bond donors (Lipinski definition) is 2. The largest absolute Gasteiger partial charge is 0.480 e.